The maximum Gasteiger partial charge on any atom is 0.414 e. The minimum atomic E-state index is -1.82. The van der Waals surface area contributed by atoms with Gasteiger partial charge in [-0.1, -0.05) is 26.2 Å². The first-order valence-electron chi connectivity index (χ1n) is 8.18. The van der Waals surface area contributed by atoms with E-state index in [1.807, 2.05) is 0 Å². The number of hydrogen-bond donors (Lipinski definition) is 3. The molecule has 0 atom stereocenters. The minimum Gasteiger partial charge on any atom is -0.473 e. The molecule has 0 aromatic rings. The highest BCUT2D eigenvalue weighted by atomic mass is 32.1. The Morgan fingerprint density at radius 3 is 2.00 bits per heavy atom. The van der Waals surface area contributed by atoms with E-state index in [1.165, 1.54) is 32.1 Å². The fraction of sp³-hybridized carbons (Fsp3) is 0.800. The number of hydrogen-bond acceptors (Lipinski definition) is 4. The summed E-state index contributed by atoms with van der Waals surface area (Å²) in [4.78, 5) is 23.0. The Kier molecular flexibility index (Phi) is 8.86. The molecule has 132 valence electrons. The van der Waals surface area contributed by atoms with Crippen molar-refractivity contribution in [2.75, 3.05) is 32.7 Å². The summed E-state index contributed by atoms with van der Waals surface area (Å²) in [5.41, 5.74) is 0. The molecule has 0 aromatic heterocycles. The zero-order chi connectivity index (χ0) is 17.2. The molecule has 2 aliphatic rings. The molecule has 1 aliphatic carbocycles. The van der Waals surface area contributed by atoms with Crippen LogP contribution < -0.4 is 5.32 Å². The third-order valence-corrected chi connectivity index (χ3v) is 4.60. The average molecular weight is 345 g/mol. The van der Waals surface area contributed by atoms with Crippen LogP contribution in [0.3, 0.4) is 0 Å². The van der Waals surface area contributed by atoms with Crippen molar-refractivity contribution >= 4 is 29.3 Å². The Morgan fingerprint density at radius 1 is 1.04 bits per heavy atom. The average Bonchev–Trinajstić information content (AvgIpc) is 2.56. The van der Waals surface area contributed by atoms with Gasteiger partial charge in [-0.25, -0.2) is 9.59 Å². The summed E-state index contributed by atoms with van der Waals surface area (Å²) in [5, 5.41) is 19.3. The second kappa shape index (κ2) is 10.4. The van der Waals surface area contributed by atoms with Gasteiger partial charge < -0.3 is 25.3 Å². The topological polar surface area (TPSA) is 93.1 Å². The van der Waals surface area contributed by atoms with Crippen LogP contribution in [0.5, 0.6) is 0 Å². The number of nitrogens with zero attached hydrogens (tertiary/aromatic N) is 2. The van der Waals surface area contributed by atoms with Crippen LogP contribution in [0, 0.1) is 0 Å². The Morgan fingerprint density at radius 2 is 1.57 bits per heavy atom. The van der Waals surface area contributed by atoms with E-state index in [9.17, 15) is 0 Å². The molecule has 2 rings (SSSR count). The third-order valence-electron chi connectivity index (χ3n) is 4.22. The van der Waals surface area contributed by atoms with Gasteiger partial charge in [-0.05, 0) is 31.6 Å². The number of carboxylic acids is 2. The maximum atomic E-state index is 9.10. The molecule has 0 aromatic carbocycles. The molecule has 1 heterocycles. The second-order valence-corrected chi connectivity index (χ2v) is 6.20. The summed E-state index contributed by atoms with van der Waals surface area (Å²) in [6, 6.07) is 0.639. The van der Waals surface area contributed by atoms with Crippen molar-refractivity contribution < 1.29 is 19.8 Å². The maximum absolute atomic E-state index is 9.10. The van der Waals surface area contributed by atoms with Crippen LogP contribution in [0.4, 0.5) is 0 Å². The fourth-order valence-electron chi connectivity index (χ4n) is 2.78. The molecule has 3 N–H and O–H groups in total. The van der Waals surface area contributed by atoms with Crippen molar-refractivity contribution in [3.63, 3.8) is 0 Å². The summed E-state index contributed by atoms with van der Waals surface area (Å²) < 4.78 is 0. The van der Waals surface area contributed by atoms with Gasteiger partial charge in [0, 0.05) is 32.2 Å². The van der Waals surface area contributed by atoms with Crippen molar-refractivity contribution in [1.82, 2.24) is 15.1 Å². The van der Waals surface area contributed by atoms with Crippen molar-refractivity contribution in [1.29, 1.82) is 0 Å². The van der Waals surface area contributed by atoms with E-state index in [0.29, 0.717) is 6.04 Å². The predicted molar refractivity (Wildman–Crippen MR) is 91.6 cm³/mol. The highest BCUT2D eigenvalue weighted by molar-refractivity contribution is 7.80. The Hall–Kier alpha value is -1.41. The van der Waals surface area contributed by atoms with E-state index in [4.69, 9.17) is 32.0 Å². The molecule has 0 unspecified atom stereocenters. The zero-order valence-electron chi connectivity index (χ0n) is 13.7. The summed E-state index contributed by atoms with van der Waals surface area (Å²) in [5.74, 6) is -3.65. The monoisotopic (exact) mass is 345 g/mol. The number of carboxylic acid groups (broad SMARTS) is 2. The van der Waals surface area contributed by atoms with Crippen LogP contribution in [0.2, 0.25) is 0 Å². The van der Waals surface area contributed by atoms with Crippen LogP contribution in [-0.2, 0) is 9.59 Å². The van der Waals surface area contributed by atoms with E-state index >= 15 is 0 Å². The highest BCUT2D eigenvalue weighted by Gasteiger charge is 2.20. The number of aliphatic carboxylic acids is 2. The van der Waals surface area contributed by atoms with Gasteiger partial charge in [-0.3, -0.25) is 0 Å². The van der Waals surface area contributed by atoms with Crippen molar-refractivity contribution in [2.24, 2.45) is 0 Å². The lowest BCUT2D eigenvalue weighted by Gasteiger charge is -2.37. The summed E-state index contributed by atoms with van der Waals surface area (Å²) in [6.07, 6.45) is 6.73. The highest BCUT2D eigenvalue weighted by Crippen LogP contribution is 2.17. The molecule has 1 saturated carbocycles. The van der Waals surface area contributed by atoms with Gasteiger partial charge in [0.1, 0.15) is 0 Å². The molecule has 0 radical (unpaired) electrons. The lowest BCUT2D eigenvalue weighted by atomic mass is 9.96. The lowest BCUT2D eigenvalue weighted by Crippen LogP contribution is -2.53. The Balaban J connectivity index is 0.000000379. The molecule has 1 saturated heterocycles. The number of rotatable bonds is 2. The predicted octanol–water partition coefficient (Wildman–Crippen LogP) is 0.987. The SMILES string of the molecule is CCN1CCN(C(=S)NC2CCCCC2)CC1.O=C(O)C(=O)O. The van der Waals surface area contributed by atoms with Gasteiger partial charge >= 0.3 is 11.9 Å². The molecule has 0 spiro atoms. The third kappa shape index (κ3) is 7.60. The van der Waals surface area contributed by atoms with Crippen LogP contribution in [0.1, 0.15) is 39.0 Å². The first-order valence-corrected chi connectivity index (χ1v) is 8.58. The summed E-state index contributed by atoms with van der Waals surface area (Å²) in [7, 11) is 0. The van der Waals surface area contributed by atoms with Gasteiger partial charge in [0.2, 0.25) is 0 Å². The van der Waals surface area contributed by atoms with E-state index in [-0.39, 0.29) is 0 Å². The van der Waals surface area contributed by atoms with Crippen LogP contribution in [-0.4, -0.2) is 75.8 Å². The number of carbonyl (C=O) groups is 2. The quantitative estimate of drug-likeness (QED) is 0.504. The number of likely N-dealkylation sites (N-methyl/N-ethyl adjacent to an activating group) is 1. The Bertz CT molecular complexity index is 394. The number of thiocarbonyl (C=S) groups is 1. The number of piperazine rings is 1. The molecule has 0 amide bonds. The largest absolute Gasteiger partial charge is 0.473 e. The second-order valence-electron chi connectivity index (χ2n) is 5.82. The van der Waals surface area contributed by atoms with Crippen LogP contribution >= 0.6 is 12.2 Å². The Labute approximate surface area is 142 Å². The molecule has 2 fully saturated rings. The van der Waals surface area contributed by atoms with Crippen molar-refractivity contribution in [3.8, 4) is 0 Å². The zero-order valence-corrected chi connectivity index (χ0v) is 14.5. The molecular formula is C15H27N3O4S. The summed E-state index contributed by atoms with van der Waals surface area (Å²) in [6.45, 7) is 7.88. The van der Waals surface area contributed by atoms with Crippen LogP contribution in [0.25, 0.3) is 0 Å². The van der Waals surface area contributed by atoms with E-state index in [1.54, 1.807) is 0 Å². The van der Waals surface area contributed by atoms with Gasteiger partial charge in [0.25, 0.3) is 0 Å². The molecular weight excluding hydrogens is 318 g/mol. The first kappa shape index (κ1) is 19.6. The van der Waals surface area contributed by atoms with E-state index in [2.05, 4.69) is 22.0 Å². The van der Waals surface area contributed by atoms with Gasteiger partial charge in [0.15, 0.2) is 5.11 Å². The smallest absolute Gasteiger partial charge is 0.414 e. The number of nitrogens with one attached hydrogen (secondary N) is 1. The standard InChI is InChI=1S/C13H25N3S.C2H2O4/c1-2-15-8-10-16(11-9-15)13(17)14-12-6-4-3-5-7-12;3-1(4)2(5)6/h12H,2-11H2,1H3,(H,14,17);(H,3,4)(H,5,6). The molecule has 8 heteroatoms. The minimum absolute atomic E-state index is 0.639. The van der Waals surface area contributed by atoms with Crippen molar-refractivity contribution in [3.05, 3.63) is 0 Å². The molecule has 0 bridgehead atoms. The van der Waals surface area contributed by atoms with Gasteiger partial charge in [-0.2, -0.15) is 0 Å². The summed E-state index contributed by atoms with van der Waals surface area (Å²) >= 11 is 5.53. The molecule has 7 nitrogen and oxygen atoms in total. The van der Waals surface area contributed by atoms with E-state index in [0.717, 1.165) is 37.8 Å². The molecule has 1 aliphatic heterocycles. The van der Waals surface area contributed by atoms with Gasteiger partial charge in [0.05, 0.1) is 0 Å². The van der Waals surface area contributed by atoms with Crippen LogP contribution in [0.15, 0.2) is 0 Å². The first-order chi connectivity index (χ1) is 10.9. The van der Waals surface area contributed by atoms with Crippen molar-refractivity contribution in [2.45, 2.75) is 45.1 Å². The van der Waals surface area contributed by atoms with E-state index < -0.39 is 11.9 Å². The fourth-order valence-corrected chi connectivity index (χ4v) is 3.13. The van der Waals surface area contributed by atoms with Gasteiger partial charge in [-0.15, -0.1) is 0 Å². The normalized spacial score (nSPS) is 19.4. The molecule has 23 heavy (non-hydrogen) atoms. The lowest BCUT2D eigenvalue weighted by molar-refractivity contribution is -0.159.